The van der Waals surface area contributed by atoms with E-state index in [4.69, 9.17) is 9.72 Å². The van der Waals surface area contributed by atoms with Crippen molar-refractivity contribution in [2.24, 2.45) is 0 Å². The molecule has 1 heterocycles. The van der Waals surface area contributed by atoms with Crippen LogP contribution in [-0.4, -0.2) is 43.5 Å². The Morgan fingerprint density at radius 2 is 1.86 bits per heavy atom. The Labute approximate surface area is 170 Å². The van der Waals surface area contributed by atoms with Crippen molar-refractivity contribution in [1.29, 1.82) is 0 Å². The Morgan fingerprint density at radius 3 is 2.46 bits per heavy atom. The molecule has 0 amide bonds. The first-order chi connectivity index (χ1) is 13.4. The van der Waals surface area contributed by atoms with Crippen LogP contribution >= 0.6 is 11.8 Å². The third kappa shape index (κ3) is 4.19. The first-order valence-electron chi connectivity index (χ1n) is 9.05. The van der Waals surface area contributed by atoms with Gasteiger partial charge in [0.05, 0.1) is 28.8 Å². The van der Waals surface area contributed by atoms with Gasteiger partial charge in [-0.25, -0.2) is 17.7 Å². The van der Waals surface area contributed by atoms with Crippen molar-refractivity contribution in [2.75, 3.05) is 21.2 Å². The van der Waals surface area contributed by atoms with Gasteiger partial charge in [0, 0.05) is 25.5 Å². The molecule has 0 saturated carbocycles. The van der Waals surface area contributed by atoms with Crippen LogP contribution in [0.4, 0.5) is 0 Å². The Balaban J connectivity index is 1.93. The Bertz CT molecular complexity index is 1060. The van der Waals surface area contributed by atoms with Gasteiger partial charge < -0.3 is 9.30 Å². The molecule has 2 aromatic carbocycles. The molecule has 8 heteroatoms. The van der Waals surface area contributed by atoms with E-state index in [-0.39, 0.29) is 4.90 Å². The maximum Gasteiger partial charge on any atom is 0.242 e. The Kier molecular flexibility index (Phi) is 6.32. The number of sulfonamides is 1. The highest BCUT2D eigenvalue weighted by Gasteiger charge is 2.19. The Morgan fingerprint density at radius 1 is 1.14 bits per heavy atom. The first kappa shape index (κ1) is 20.7. The molecule has 6 nitrogen and oxygen atoms in total. The van der Waals surface area contributed by atoms with Crippen LogP contribution in [-0.2, 0) is 22.3 Å². The van der Waals surface area contributed by atoms with E-state index < -0.39 is 10.0 Å². The highest BCUT2D eigenvalue weighted by atomic mass is 32.2. The summed E-state index contributed by atoms with van der Waals surface area (Å²) < 4.78 is 33.5. The van der Waals surface area contributed by atoms with E-state index in [1.807, 2.05) is 30.3 Å². The SMILES string of the molecule is CCCn1c(CSc2ccc(OC)cc2)nc2cc(S(=O)(=O)N(C)C)ccc21. The molecular weight excluding hydrogens is 394 g/mol. The summed E-state index contributed by atoms with van der Waals surface area (Å²) in [5.41, 5.74) is 1.67. The van der Waals surface area contributed by atoms with Gasteiger partial charge in [0.1, 0.15) is 11.6 Å². The van der Waals surface area contributed by atoms with E-state index in [0.717, 1.165) is 35.0 Å². The van der Waals surface area contributed by atoms with Crippen molar-refractivity contribution >= 4 is 32.8 Å². The smallest absolute Gasteiger partial charge is 0.242 e. The molecule has 0 bridgehead atoms. The number of hydrogen-bond donors (Lipinski definition) is 0. The third-order valence-corrected chi connectivity index (χ3v) is 7.27. The molecule has 0 aliphatic carbocycles. The fourth-order valence-electron chi connectivity index (χ4n) is 2.93. The van der Waals surface area contributed by atoms with Crippen LogP contribution in [0.1, 0.15) is 19.2 Å². The Hall–Kier alpha value is -2.03. The average molecular weight is 420 g/mol. The molecule has 28 heavy (non-hydrogen) atoms. The third-order valence-electron chi connectivity index (χ3n) is 4.45. The average Bonchev–Trinajstić information content (AvgIpc) is 3.03. The highest BCUT2D eigenvalue weighted by molar-refractivity contribution is 7.98. The number of aryl methyl sites for hydroxylation is 1. The number of hydrogen-bond acceptors (Lipinski definition) is 5. The molecule has 3 aromatic rings. The molecule has 0 N–H and O–H groups in total. The van der Waals surface area contributed by atoms with Crippen molar-refractivity contribution in [3.8, 4) is 5.75 Å². The zero-order valence-electron chi connectivity index (χ0n) is 16.5. The van der Waals surface area contributed by atoms with Gasteiger partial charge in [-0.2, -0.15) is 0 Å². The van der Waals surface area contributed by atoms with Crippen LogP contribution in [0.25, 0.3) is 11.0 Å². The van der Waals surface area contributed by atoms with Crippen LogP contribution in [0.5, 0.6) is 5.75 Å². The maximum atomic E-state index is 12.4. The van der Waals surface area contributed by atoms with Crippen LogP contribution in [0.15, 0.2) is 52.3 Å². The zero-order chi connectivity index (χ0) is 20.3. The molecule has 0 unspecified atom stereocenters. The highest BCUT2D eigenvalue weighted by Crippen LogP contribution is 2.28. The fourth-order valence-corrected chi connectivity index (χ4v) is 4.70. The van der Waals surface area contributed by atoms with Crippen LogP contribution < -0.4 is 4.74 Å². The number of aromatic nitrogens is 2. The monoisotopic (exact) mass is 419 g/mol. The van der Waals surface area contributed by atoms with Gasteiger partial charge >= 0.3 is 0 Å². The molecule has 150 valence electrons. The number of ether oxygens (including phenoxy) is 1. The van der Waals surface area contributed by atoms with E-state index in [2.05, 4.69) is 11.5 Å². The number of thioether (sulfide) groups is 1. The van der Waals surface area contributed by atoms with Gasteiger partial charge in [-0.3, -0.25) is 0 Å². The summed E-state index contributed by atoms with van der Waals surface area (Å²) >= 11 is 1.70. The minimum Gasteiger partial charge on any atom is -0.497 e. The molecule has 0 aliphatic rings. The minimum atomic E-state index is -3.48. The van der Waals surface area contributed by atoms with Crippen LogP contribution in [0, 0.1) is 0 Å². The number of benzene rings is 2. The van der Waals surface area contributed by atoms with Crippen molar-refractivity contribution < 1.29 is 13.2 Å². The lowest BCUT2D eigenvalue weighted by molar-refractivity contribution is 0.414. The number of imidazole rings is 1. The normalized spacial score (nSPS) is 12.0. The van der Waals surface area contributed by atoms with Crippen molar-refractivity contribution in [3.05, 3.63) is 48.3 Å². The summed E-state index contributed by atoms with van der Waals surface area (Å²) in [6.07, 6.45) is 0.976. The van der Waals surface area contributed by atoms with Crippen molar-refractivity contribution in [1.82, 2.24) is 13.9 Å². The largest absolute Gasteiger partial charge is 0.497 e. The van der Waals surface area contributed by atoms with E-state index in [9.17, 15) is 8.42 Å². The minimum absolute atomic E-state index is 0.264. The number of nitrogens with zero attached hydrogens (tertiary/aromatic N) is 3. The predicted octanol–water partition coefficient (Wildman–Crippen LogP) is 4.00. The van der Waals surface area contributed by atoms with Gasteiger partial charge in [-0.15, -0.1) is 11.8 Å². The summed E-state index contributed by atoms with van der Waals surface area (Å²) in [5.74, 6) is 2.48. The number of methoxy groups -OCH3 is 1. The lowest BCUT2D eigenvalue weighted by Crippen LogP contribution is -2.22. The second-order valence-electron chi connectivity index (χ2n) is 6.58. The number of rotatable bonds is 8. The van der Waals surface area contributed by atoms with Gasteiger partial charge in [0.15, 0.2) is 0 Å². The maximum absolute atomic E-state index is 12.4. The molecule has 0 radical (unpaired) electrons. The summed E-state index contributed by atoms with van der Waals surface area (Å²) in [7, 11) is 1.24. The second kappa shape index (κ2) is 8.55. The zero-order valence-corrected chi connectivity index (χ0v) is 18.2. The van der Waals surface area contributed by atoms with Gasteiger partial charge in [-0.05, 0) is 48.9 Å². The quantitative estimate of drug-likeness (QED) is 0.517. The van der Waals surface area contributed by atoms with E-state index in [0.29, 0.717) is 11.3 Å². The topological polar surface area (TPSA) is 64.4 Å². The molecule has 3 rings (SSSR count). The van der Waals surface area contributed by atoms with Gasteiger partial charge in [-0.1, -0.05) is 6.92 Å². The van der Waals surface area contributed by atoms with Crippen molar-refractivity contribution in [3.63, 3.8) is 0 Å². The standard InChI is InChI=1S/C20H25N3O3S2/c1-5-12-23-19-11-10-17(28(24,25)22(2)3)13-18(19)21-20(23)14-27-16-8-6-15(26-4)7-9-16/h6-11,13H,5,12,14H2,1-4H3. The molecular formula is C20H25N3O3S2. The van der Waals surface area contributed by atoms with E-state index >= 15 is 0 Å². The molecule has 0 spiro atoms. The summed E-state index contributed by atoms with van der Waals surface area (Å²) in [6, 6.07) is 13.1. The molecule has 0 aliphatic heterocycles. The van der Waals surface area contributed by atoms with Gasteiger partial charge in [0.2, 0.25) is 10.0 Å². The molecule has 0 fully saturated rings. The van der Waals surface area contributed by atoms with E-state index in [1.165, 1.54) is 18.4 Å². The van der Waals surface area contributed by atoms with Crippen LogP contribution in [0.2, 0.25) is 0 Å². The first-order valence-corrected chi connectivity index (χ1v) is 11.5. The molecule has 0 atom stereocenters. The molecule has 1 aromatic heterocycles. The summed E-state index contributed by atoms with van der Waals surface area (Å²) in [5, 5.41) is 0. The summed E-state index contributed by atoms with van der Waals surface area (Å²) in [6.45, 7) is 2.96. The number of fused-ring (bicyclic) bond motifs is 1. The lowest BCUT2D eigenvalue weighted by Gasteiger charge is -2.11. The second-order valence-corrected chi connectivity index (χ2v) is 9.78. The lowest BCUT2D eigenvalue weighted by atomic mass is 10.3. The fraction of sp³-hybridized carbons (Fsp3) is 0.350. The van der Waals surface area contributed by atoms with Gasteiger partial charge in [0.25, 0.3) is 0 Å². The van der Waals surface area contributed by atoms with E-state index in [1.54, 1.807) is 31.0 Å². The molecule has 0 saturated heterocycles. The summed E-state index contributed by atoms with van der Waals surface area (Å²) in [4.78, 5) is 6.14. The van der Waals surface area contributed by atoms with Crippen molar-refractivity contribution in [2.45, 2.75) is 35.4 Å². The predicted molar refractivity (Wildman–Crippen MR) is 113 cm³/mol. The van der Waals surface area contributed by atoms with Crippen LogP contribution in [0.3, 0.4) is 0 Å².